The van der Waals surface area contributed by atoms with Crippen LogP contribution < -0.4 is 0 Å². The summed E-state index contributed by atoms with van der Waals surface area (Å²) in [5.74, 6) is -0.248. The zero-order valence-corrected chi connectivity index (χ0v) is 15.7. The van der Waals surface area contributed by atoms with Gasteiger partial charge in [0.05, 0.1) is 17.5 Å². The Morgan fingerprint density at radius 3 is 2.70 bits per heavy atom. The standard InChI is InChI=1S/C20H24FN5O/c1-25(20(27)16-13-22-26(2)14-16)11-5-3-4-6-18-12-19(24-23-18)15-7-9-17(21)10-8-15/h7-10,12-14H,3-6,11H2,1-2H3,(H,23,24). The average molecular weight is 369 g/mol. The van der Waals surface area contributed by atoms with Gasteiger partial charge in [-0.05, 0) is 49.6 Å². The van der Waals surface area contributed by atoms with Crippen LogP contribution in [0.2, 0.25) is 0 Å². The van der Waals surface area contributed by atoms with Gasteiger partial charge in [-0.1, -0.05) is 6.42 Å². The summed E-state index contributed by atoms with van der Waals surface area (Å²) in [5.41, 5.74) is 3.40. The molecule has 0 unspecified atom stereocenters. The molecule has 142 valence electrons. The van der Waals surface area contributed by atoms with Crippen LogP contribution in [0.15, 0.2) is 42.7 Å². The lowest BCUT2D eigenvalue weighted by Crippen LogP contribution is -2.27. The Hall–Kier alpha value is -2.96. The number of rotatable bonds is 8. The minimum atomic E-state index is -0.249. The molecule has 0 aliphatic rings. The number of unbranched alkanes of at least 4 members (excludes halogenated alkanes) is 2. The topological polar surface area (TPSA) is 66.8 Å². The van der Waals surface area contributed by atoms with Gasteiger partial charge in [0, 0.05) is 38.1 Å². The van der Waals surface area contributed by atoms with E-state index in [4.69, 9.17) is 0 Å². The molecule has 1 N–H and O–H groups in total. The zero-order valence-electron chi connectivity index (χ0n) is 15.7. The van der Waals surface area contributed by atoms with Gasteiger partial charge in [0.1, 0.15) is 5.82 Å². The van der Waals surface area contributed by atoms with Gasteiger partial charge in [-0.3, -0.25) is 14.6 Å². The smallest absolute Gasteiger partial charge is 0.256 e. The SMILES string of the molecule is CN(CCCCCc1cc(-c2ccc(F)cc2)n[nH]1)C(=O)c1cnn(C)c1. The van der Waals surface area contributed by atoms with Crippen molar-refractivity contribution < 1.29 is 9.18 Å². The van der Waals surface area contributed by atoms with Crippen molar-refractivity contribution in [2.24, 2.45) is 7.05 Å². The Balaban J connectivity index is 1.39. The van der Waals surface area contributed by atoms with Gasteiger partial charge in [-0.2, -0.15) is 10.2 Å². The predicted octanol–water partition coefficient (Wildman–Crippen LogP) is 3.43. The van der Waals surface area contributed by atoms with E-state index in [1.165, 1.54) is 12.1 Å². The maximum atomic E-state index is 13.0. The van der Waals surface area contributed by atoms with Gasteiger partial charge in [0.15, 0.2) is 0 Å². The Bertz CT molecular complexity index is 884. The summed E-state index contributed by atoms with van der Waals surface area (Å²) >= 11 is 0. The Kier molecular flexibility index (Phi) is 6.01. The van der Waals surface area contributed by atoms with E-state index < -0.39 is 0 Å². The molecular formula is C20H24FN5O. The first-order valence-corrected chi connectivity index (χ1v) is 9.07. The summed E-state index contributed by atoms with van der Waals surface area (Å²) in [4.78, 5) is 14.0. The highest BCUT2D eigenvalue weighted by atomic mass is 19.1. The van der Waals surface area contributed by atoms with E-state index in [0.29, 0.717) is 5.56 Å². The fraction of sp³-hybridized carbons (Fsp3) is 0.350. The number of benzene rings is 1. The molecule has 0 saturated carbocycles. The van der Waals surface area contributed by atoms with Crippen LogP contribution in [-0.4, -0.2) is 44.4 Å². The number of aromatic nitrogens is 4. The van der Waals surface area contributed by atoms with Crippen molar-refractivity contribution in [3.8, 4) is 11.3 Å². The van der Waals surface area contributed by atoms with E-state index in [1.54, 1.807) is 41.2 Å². The molecular weight excluding hydrogens is 345 g/mol. The molecule has 0 aliphatic heterocycles. The van der Waals surface area contributed by atoms with Gasteiger partial charge >= 0.3 is 0 Å². The van der Waals surface area contributed by atoms with Crippen LogP contribution in [0.25, 0.3) is 11.3 Å². The summed E-state index contributed by atoms with van der Waals surface area (Å²) < 4.78 is 14.6. The molecule has 1 aromatic carbocycles. The van der Waals surface area contributed by atoms with Crippen molar-refractivity contribution in [2.45, 2.75) is 25.7 Å². The molecule has 0 saturated heterocycles. The van der Waals surface area contributed by atoms with Crippen molar-refractivity contribution in [1.29, 1.82) is 0 Å². The molecule has 0 atom stereocenters. The molecule has 6 nitrogen and oxygen atoms in total. The first kappa shape index (κ1) is 18.8. The molecule has 27 heavy (non-hydrogen) atoms. The van der Waals surface area contributed by atoms with Crippen molar-refractivity contribution in [2.75, 3.05) is 13.6 Å². The van der Waals surface area contributed by atoms with Crippen LogP contribution in [0.5, 0.6) is 0 Å². The van der Waals surface area contributed by atoms with E-state index in [9.17, 15) is 9.18 Å². The second-order valence-corrected chi connectivity index (χ2v) is 6.73. The number of nitrogens with zero attached hydrogens (tertiary/aromatic N) is 4. The van der Waals surface area contributed by atoms with Crippen LogP contribution in [0, 0.1) is 5.82 Å². The van der Waals surface area contributed by atoms with Gasteiger partial charge in [-0.25, -0.2) is 4.39 Å². The molecule has 0 radical (unpaired) electrons. The number of nitrogens with one attached hydrogen (secondary N) is 1. The number of amides is 1. The van der Waals surface area contributed by atoms with Crippen LogP contribution in [0.3, 0.4) is 0 Å². The molecule has 7 heteroatoms. The average Bonchev–Trinajstić information content (AvgIpc) is 3.30. The van der Waals surface area contributed by atoms with Crippen molar-refractivity contribution in [1.82, 2.24) is 24.9 Å². The normalized spacial score (nSPS) is 10.9. The number of hydrogen-bond acceptors (Lipinski definition) is 3. The highest BCUT2D eigenvalue weighted by Crippen LogP contribution is 2.19. The van der Waals surface area contributed by atoms with Gasteiger partial charge < -0.3 is 4.90 Å². The quantitative estimate of drug-likeness (QED) is 0.619. The highest BCUT2D eigenvalue weighted by molar-refractivity contribution is 5.93. The number of H-pyrrole nitrogens is 1. The number of halogens is 1. The highest BCUT2D eigenvalue weighted by Gasteiger charge is 2.12. The summed E-state index contributed by atoms with van der Waals surface area (Å²) in [6, 6.07) is 8.33. The predicted molar refractivity (Wildman–Crippen MR) is 102 cm³/mol. The summed E-state index contributed by atoms with van der Waals surface area (Å²) in [5, 5.41) is 11.4. The fourth-order valence-electron chi connectivity index (χ4n) is 2.95. The molecule has 0 aliphatic carbocycles. The largest absolute Gasteiger partial charge is 0.342 e. The molecule has 2 heterocycles. The minimum absolute atomic E-state index is 0.000563. The van der Waals surface area contributed by atoms with Crippen LogP contribution in [0.4, 0.5) is 4.39 Å². The van der Waals surface area contributed by atoms with E-state index in [1.807, 2.05) is 13.1 Å². The Morgan fingerprint density at radius 2 is 2.00 bits per heavy atom. The molecule has 0 spiro atoms. The van der Waals surface area contributed by atoms with Crippen LogP contribution in [0.1, 0.15) is 35.3 Å². The van der Waals surface area contributed by atoms with Crippen LogP contribution >= 0.6 is 0 Å². The number of aryl methyl sites for hydroxylation is 2. The molecule has 0 fully saturated rings. The number of carbonyl (C=O) groups is 1. The molecule has 3 aromatic rings. The summed E-state index contributed by atoms with van der Waals surface area (Å²) in [7, 11) is 3.62. The number of hydrogen-bond donors (Lipinski definition) is 1. The fourth-order valence-corrected chi connectivity index (χ4v) is 2.95. The van der Waals surface area contributed by atoms with Gasteiger partial charge in [0.25, 0.3) is 5.91 Å². The molecule has 0 bridgehead atoms. The molecule has 3 rings (SSSR count). The first-order chi connectivity index (χ1) is 13.0. The minimum Gasteiger partial charge on any atom is -0.342 e. The van der Waals surface area contributed by atoms with E-state index in [-0.39, 0.29) is 11.7 Å². The lowest BCUT2D eigenvalue weighted by molar-refractivity contribution is 0.0792. The van der Waals surface area contributed by atoms with Crippen LogP contribution in [-0.2, 0) is 13.5 Å². The Labute approximate surface area is 158 Å². The molecule has 1 amide bonds. The third-order valence-corrected chi connectivity index (χ3v) is 4.51. The third-order valence-electron chi connectivity index (χ3n) is 4.51. The van der Waals surface area contributed by atoms with E-state index >= 15 is 0 Å². The maximum Gasteiger partial charge on any atom is 0.256 e. The second kappa shape index (κ2) is 8.62. The monoisotopic (exact) mass is 369 g/mol. The van der Waals surface area contributed by atoms with Crippen molar-refractivity contribution in [3.63, 3.8) is 0 Å². The van der Waals surface area contributed by atoms with Gasteiger partial charge in [0.2, 0.25) is 0 Å². The van der Waals surface area contributed by atoms with Crippen molar-refractivity contribution >= 4 is 5.91 Å². The first-order valence-electron chi connectivity index (χ1n) is 9.07. The maximum absolute atomic E-state index is 13.0. The van der Waals surface area contributed by atoms with Gasteiger partial charge in [-0.15, -0.1) is 0 Å². The number of carbonyl (C=O) groups excluding carboxylic acids is 1. The number of aromatic amines is 1. The second-order valence-electron chi connectivity index (χ2n) is 6.73. The Morgan fingerprint density at radius 1 is 1.22 bits per heavy atom. The van der Waals surface area contributed by atoms with Crippen molar-refractivity contribution in [3.05, 3.63) is 59.8 Å². The lowest BCUT2D eigenvalue weighted by Gasteiger charge is -2.15. The summed E-state index contributed by atoms with van der Waals surface area (Å²) in [6.45, 7) is 0.720. The van der Waals surface area contributed by atoms with E-state index in [0.717, 1.165) is 49.2 Å². The third kappa shape index (κ3) is 5.03. The zero-order chi connectivity index (χ0) is 19.2. The van der Waals surface area contributed by atoms with E-state index in [2.05, 4.69) is 15.3 Å². The summed E-state index contributed by atoms with van der Waals surface area (Å²) in [6.07, 6.45) is 7.21. The lowest BCUT2D eigenvalue weighted by atomic mass is 10.1. The molecule has 2 aromatic heterocycles.